The molecule has 1 amide bonds. The number of allylic oxidation sites excluding steroid dienone is 1. The van der Waals surface area contributed by atoms with Crippen LogP contribution in [0.3, 0.4) is 0 Å². The molecule has 1 N–H and O–H groups in total. The first kappa shape index (κ1) is 10.9. The Labute approximate surface area is 83.4 Å². The zero-order chi connectivity index (χ0) is 10.4. The largest absolute Gasteiger partial charge is 0.453 e. The molecule has 0 spiro atoms. The van der Waals surface area contributed by atoms with E-state index in [1.165, 1.54) is 7.11 Å². The Morgan fingerprint density at radius 3 is 3.07 bits per heavy atom. The molecule has 0 aromatic carbocycles. The Morgan fingerprint density at radius 2 is 2.50 bits per heavy atom. The van der Waals surface area contributed by atoms with Gasteiger partial charge in [0.1, 0.15) is 0 Å². The molecule has 0 aliphatic carbocycles. The number of carbonyl (C=O) groups is 2. The predicted octanol–water partition coefficient (Wildman–Crippen LogP) is 0.863. The van der Waals surface area contributed by atoms with Crippen molar-refractivity contribution in [3.8, 4) is 0 Å². The van der Waals surface area contributed by atoms with Gasteiger partial charge >= 0.3 is 6.09 Å². The van der Waals surface area contributed by atoms with Gasteiger partial charge in [0.25, 0.3) is 0 Å². The van der Waals surface area contributed by atoms with Gasteiger partial charge in [-0.3, -0.25) is 9.79 Å². The summed E-state index contributed by atoms with van der Waals surface area (Å²) < 4.78 is 4.33. The van der Waals surface area contributed by atoms with E-state index in [1.807, 2.05) is 6.08 Å². The first-order valence-electron chi connectivity index (χ1n) is 4.05. The minimum absolute atomic E-state index is 0.00410. The fraction of sp³-hybridized carbons (Fsp3) is 0.375. The Bertz CT molecular complexity index is 299. The lowest BCUT2D eigenvalue weighted by molar-refractivity contribution is -0.110. The lowest BCUT2D eigenvalue weighted by Gasteiger charge is -2.02. The Hall–Kier alpha value is -1.22. The third-order valence-corrected chi connectivity index (χ3v) is 2.59. The van der Waals surface area contributed by atoms with Crippen molar-refractivity contribution in [2.75, 3.05) is 13.7 Å². The summed E-state index contributed by atoms with van der Waals surface area (Å²) in [5, 5.41) is 2.33. The average molecular weight is 214 g/mol. The number of carbonyl (C=O) groups excluding carboxylic acids is 2. The van der Waals surface area contributed by atoms with Crippen molar-refractivity contribution in [2.45, 2.75) is 6.42 Å². The van der Waals surface area contributed by atoms with Crippen molar-refractivity contribution in [1.29, 1.82) is 0 Å². The highest BCUT2D eigenvalue weighted by atomic mass is 31.1. The maximum absolute atomic E-state index is 11.3. The third-order valence-electron chi connectivity index (χ3n) is 1.51. The van der Waals surface area contributed by atoms with Crippen LogP contribution in [-0.2, 0) is 9.53 Å². The molecular weight excluding hydrogens is 203 g/mol. The van der Waals surface area contributed by atoms with E-state index in [-0.39, 0.29) is 20.6 Å². The van der Waals surface area contributed by atoms with E-state index in [0.29, 0.717) is 0 Å². The van der Waals surface area contributed by atoms with Crippen LogP contribution >= 0.6 is 8.58 Å². The van der Waals surface area contributed by atoms with Crippen LogP contribution in [0.2, 0.25) is 0 Å². The van der Waals surface area contributed by atoms with Gasteiger partial charge in [0.15, 0.2) is 5.52 Å². The standard InChI is InChI=1S/C8H11N2O3P/c1-13-8(12)10-5-7(11)14-6-3-2-4-9-6/h2,4,14H,3,5H2,1H3,(H,10,12). The molecular formula is C8H11N2O3P. The molecule has 1 atom stereocenters. The molecule has 1 unspecified atom stereocenters. The summed E-state index contributed by atoms with van der Waals surface area (Å²) in [6.07, 6.45) is 3.73. The van der Waals surface area contributed by atoms with Crippen molar-refractivity contribution in [1.82, 2.24) is 5.32 Å². The zero-order valence-corrected chi connectivity index (χ0v) is 8.74. The number of rotatable bonds is 4. The van der Waals surface area contributed by atoms with E-state index < -0.39 is 6.09 Å². The van der Waals surface area contributed by atoms with E-state index in [0.717, 1.165) is 11.9 Å². The zero-order valence-electron chi connectivity index (χ0n) is 7.74. The summed E-state index contributed by atoms with van der Waals surface area (Å²) in [6.45, 7) is 0.00410. The van der Waals surface area contributed by atoms with Crippen molar-refractivity contribution < 1.29 is 14.3 Å². The van der Waals surface area contributed by atoms with Gasteiger partial charge in [-0.05, 0) is 8.58 Å². The molecule has 0 radical (unpaired) electrons. The number of alkyl carbamates (subject to hydrolysis) is 1. The van der Waals surface area contributed by atoms with Crippen molar-refractivity contribution in [2.24, 2.45) is 4.99 Å². The first-order valence-corrected chi connectivity index (χ1v) is 5.05. The van der Waals surface area contributed by atoms with Gasteiger partial charge in [-0.2, -0.15) is 0 Å². The molecule has 1 heterocycles. The van der Waals surface area contributed by atoms with Gasteiger partial charge in [0, 0.05) is 18.1 Å². The Kier molecular flexibility index (Phi) is 4.26. The van der Waals surface area contributed by atoms with Gasteiger partial charge in [-0.15, -0.1) is 0 Å². The quantitative estimate of drug-likeness (QED) is 0.706. The van der Waals surface area contributed by atoms with Gasteiger partial charge in [0.2, 0.25) is 0 Å². The van der Waals surface area contributed by atoms with Crippen LogP contribution in [0.15, 0.2) is 17.3 Å². The van der Waals surface area contributed by atoms with E-state index >= 15 is 0 Å². The van der Waals surface area contributed by atoms with Crippen LogP contribution in [0.1, 0.15) is 6.42 Å². The van der Waals surface area contributed by atoms with E-state index in [9.17, 15) is 9.59 Å². The van der Waals surface area contributed by atoms with Crippen molar-refractivity contribution in [3.05, 3.63) is 12.3 Å². The normalized spacial score (nSPS) is 14.5. The monoisotopic (exact) mass is 214 g/mol. The molecule has 0 aromatic heterocycles. The molecule has 5 nitrogen and oxygen atoms in total. The molecule has 0 bridgehead atoms. The number of methoxy groups -OCH3 is 1. The molecule has 0 aromatic rings. The minimum Gasteiger partial charge on any atom is -0.453 e. The second kappa shape index (κ2) is 5.50. The summed E-state index contributed by atoms with van der Waals surface area (Å²) in [6, 6.07) is 0. The highest BCUT2D eigenvalue weighted by Crippen LogP contribution is 2.20. The third kappa shape index (κ3) is 3.66. The first-order chi connectivity index (χ1) is 6.72. The molecule has 14 heavy (non-hydrogen) atoms. The number of ether oxygens (including phenoxy) is 1. The highest BCUT2D eigenvalue weighted by molar-refractivity contribution is 7.74. The highest BCUT2D eigenvalue weighted by Gasteiger charge is 2.09. The maximum Gasteiger partial charge on any atom is 0.407 e. The van der Waals surface area contributed by atoms with Gasteiger partial charge in [0.05, 0.1) is 13.7 Å². The number of aliphatic imine (C=N–C) groups is 1. The summed E-state index contributed by atoms with van der Waals surface area (Å²) >= 11 is 0. The lowest BCUT2D eigenvalue weighted by atomic mass is 10.5. The molecule has 0 saturated carbocycles. The molecule has 1 rings (SSSR count). The summed E-state index contributed by atoms with van der Waals surface area (Å²) in [7, 11) is 1.30. The number of hydrogen-bond acceptors (Lipinski definition) is 4. The average Bonchev–Trinajstić information content (AvgIpc) is 2.66. The predicted molar refractivity (Wildman–Crippen MR) is 54.9 cm³/mol. The Morgan fingerprint density at radius 1 is 1.71 bits per heavy atom. The number of hydrogen-bond donors (Lipinski definition) is 1. The van der Waals surface area contributed by atoms with Crippen molar-refractivity contribution >= 4 is 25.7 Å². The maximum atomic E-state index is 11.3. The fourth-order valence-corrected chi connectivity index (χ4v) is 1.73. The number of nitrogens with zero attached hydrogens (tertiary/aromatic N) is 1. The van der Waals surface area contributed by atoms with Crippen LogP contribution in [0.25, 0.3) is 0 Å². The molecule has 1 aliphatic rings. The summed E-state index contributed by atoms with van der Waals surface area (Å²) in [4.78, 5) is 25.9. The summed E-state index contributed by atoms with van der Waals surface area (Å²) in [5.74, 6) is 0. The Balaban J connectivity index is 2.19. The smallest absolute Gasteiger partial charge is 0.407 e. The number of amides is 1. The van der Waals surface area contributed by atoms with Crippen LogP contribution < -0.4 is 5.32 Å². The molecule has 76 valence electrons. The topological polar surface area (TPSA) is 67.8 Å². The second-order valence-electron chi connectivity index (χ2n) is 2.56. The van der Waals surface area contributed by atoms with Gasteiger partial charge in [-0.1, -0.05) is 6.08 Å². The van der Waals surface area contributed by atoms with Crippen LogP contribution in [0, 0.1) is 0 Å². The van der Waals surface area contributed by atoms with Crippen molar-refractivity contribution in [3.63, 3.8) is 0 Å². The molecule has 1 aliphatic heterocycles. The second-order valence-corrected chi connectivity index (χ2v) is 3.94. The van der Waals surface area contributed by atoms with Crippen LogP contribution in [0.5, 0.6) is 0 Å². The molecule has 0 saturated heterocycles. The van der Waals surface area contributed by atoms with Crippen LogP contribution in [-0.4, -0.2) is 30.7 Å². The lowest BCUT2D eigenvalue weighted by Crippen LogP contribution is -2.27. The fourth-order valence-electron chi connectivity index (χ4n) is 0.873. The van der Waals surface area contributed by atoms with E-state index in [2.05, 4.69) is 15.0 Å². The number of nitrogens with one attached hydrogen (secondary N) is 1. The molecule has 0 fully saturated rings. The SMILES string of the molecule is COC(=O)NCC(=O)PC1=NC=CC1. The molecule has 6 heteroatoms. The van der Waals surface area contributed by atoms with Gasteiger partial charge in [-0.25, -0.2) is 4.79 Å². The minimum atomic E-state index is -0.588. The van der Waals surface area contributed by atoms with E-state index in [4.69, 9.17) is 0 Å². The summed E-state index contributed by atoms with van der Waals surface area (Å²) in [5.41, 5.74) is 0.819. The van der Waals surface area contributed by atoms with Crippen LogP contribution in [0.4, 0.5) is 4.79 Å². The van der Waals surface area contributed by atoms with Gasteiger partial charge < -0.3 is 10.1 Å². The van der Waals surface area contributed by atoms with E-state index in [1.54, 1.807) is 6.20 Å².